The fourth-order valence-corrected chi connectivity index (χ4v) is 1.79. The van der Waals surface area contributed by atoms with Gasteiger partial charge in [0, 0.05) is 20.7 Å². The first-order valence-electron chi connectivity index (χ1n) is 3.57. The molecule has 1 heterocycles. The first-order chi connectivity index (χ1) is 6.27. The van der Waals surface area contributed by atoms with E-state index in [1.165, 1.54) is 11.5 Å². The van der Waals surface area contributed by atoms with Crippen LogP contribution in [0.2, 0.25) is 0 Å². The normalized spacial score (nSPS) is 10.3. The Labute approximate surface area is 91.0 Å². The average Bonchev–Trinajstić information content (AvgIpc) is 2.62. The van der Waals surface area contributed by atoms with Crippen molar-refractivity contribution in [2.24, 2.45) is 0 Å². The van der Waals surface area contributed by atoms with E-state index in [0.29, 0.717) is 0 Å². The summed E-state index contributed by atoms with van der Waals surface area (Å²) in [5.74, 6) is 0. The van der Waals surface area contributed by atoms with E-state index in [-0.39, 0.29) is 0 Å². The molecule has 0 saturated heterocycles. The SMILES string of the molecule is Sc1ccc(-c2csnn2)cc1S. The molecule has 2 rings (SSSR count). The summed E-state index contributed by atoms with van der Waals surface area (Å²) in [5, 5.41) is 5.87. The van der Waals surface area contributed by atoms with E-state index in [0.717, 1.165) is 21.0 Å². The molecule has 0 unspecified atom stereocenters. The zero-order valence-electron chi connectivity index (χ0n) is 6.51. The van der Waals surface area contributed by atoms with Crippen molar-refractivity contribution in [1.29, 1.82) is 0 Å². The molecule has 0 saturated carbocycles. The van der Waals surface area contributed by atoms with Gasteiger partial charge >= 0.3 is 0 Å². The molecule has 66 valence electrons. The van der Waals surface area contributed by atoms with E-state index in [1.807, 2.05) is 23.6 Å². The van der Waals surface area contributed by atoms with Crippen molar-refractivity contribution in [1.82, 2.24) is 9.59 Å². The van der Waals surface area contributed by atoms with Crippen LogP contribution in [0.5, 0.6) is 0 Å². The van der Waals surface area contributed by atoms with Gasteiger partial charge in [-0.3, -0.25) is 0 Å². The number of hydrogen-bond acceptors (Lipinski definition) is 5. The lowest BCUT2D eigenvalue weighted by atomic mass is 10.2. The lowest BCUT2D eigenvalue weighted by Gasteiger charge is -1.99. The van der Waals surface area contributed by atoms with E-state index < -0.39 is 0 Å². The Morgan fingerprint density at radius 2 is 2.00 bits per heavy atom. The predicted octanol–water partition coefficient (Wildman–Crippen LogP) is 2.78. The quantitative estimate of drug-likeness (QED) is 0.731. The Balaban J connectivity index is 2.49. The fourth-order valence-electron chi connectivity index (χ4n) is 0.973. The van der Waals surface area contributed by atoms with Crippen molar-refractivity contribution in [3.05, 3.63) is 23.6 Å². The van der Waals surface area contributed by atoms with Crippen molar-refractivity contribution in [2.45, 2.75) is 9.79 Å². The molecule has 0 atom stereocenters. The van der Waals surface area contributed by atoms with Crippen molar-refractivity contribution >= 4 is 36.8 Å². The molecule has 0 amide bonds. The van der Waals surface area contributed by atoms with Gasteiger partial charge in [0.2, 0.25) is 0 Å². The van der Waals surface area contributed by atoms with Gasteiger partial charge < -0.3 is 0 Å². The van der Waals surface area contributed by atoms with Crippen LogP contribution in [-0.2, 0) is 0 Å². The third kappa shape index (κ3) is 1.87. The van der Waals surface area contributed by atoms with E-state index >= 15 is 0 Å². The van der Waals surface area contributed by atoms with Gasteiger partial charge in [0.15, 0.2) is 0 Å². The highest BCUT2D eigenvalue weighted by atomic mass is 32.1. The molecule has 2 aromatic rings. The molecule has 13 heavy (non-hydrogen) atoms. The van der Waals surface area contributed by atoms with Crippen LogP contribution in [-0.4, -0.2) is 9.59 Å². The number of rotatable bonds is 1. The molecule has 0 spiro atoms. The molecule has 0 radical (unpaired) electrons. The minimum absolute atomic E-state index is 0.855. The van der Waals surface area contributed by atoms with Gasteiger partial charge in [-0.25, -0.2) is 0 Å². The predicted molar refractivity (Wildman–Crippen MR) is 59.8 cm³/mol. The monoisotopic (exact) mass is 226 g/mol. The molecule has 0 N–H and O–H groups in total. The maximum atomic E-state index is 4.28. The molecular formula is C8H6N2S3. The summed E-state index contributed by atoms with van der Waals surface area (Å²) in [6.07, 6.45) is 0. The van der Waals surface area contributed by atoms with Gasteiger partial charge in [-0.15, -0.1) is 30.4 Å². The molecule has 1 aromatic heterocycles. The molecule has 1 aromatic carbocycles. The largest absolute Gasteiger partial charge is 0.142 e. The van der Waals surface area contributed by atoms with E-state index in [9.17, 15) is 0 Å². The van der Waals surface area contributed by atoms with Crippen LogP contribution < -0.4 is 0 Å². The third-order valence-electron chi connectivity index (χ3n) is 1.63. The van der Waals surface area contributed by atoms with Crippen molar-refractivity contribution in [3.63, 3.8) is 0 Å². The van der Waals surface area contributed by atoms with Crippen LogP contribution in [0.4, 0.5) is 0 Å². The Kier molecular flexibility index (Phi) is 2.57. The third-order valence-corrected chi connectivity index (χ3v) is 3.07. The summed E-state index contributed by atoms with van der Waals surface area (Å²) in [4.78, 5) is 1.73. The number of thiol groups is 2. The number of aromatic nitrogens is 2. The fraction of sp³-hybridized carbons (Fsp3) is 0. The Bertz CT molecular complexity index is 411. The highest BCUT2D eigenvalue weighted by Crippen LogP contribution is 2.25. The molecule has 0 aliphatic heterocycles. The van der Waals surface area contributed by atoms with E-state index in [4.69, 9.17) is 0 Å². The number of nitrogens with zero attached hydrogens (tertiary/aromatic N) is 2. The number of hydrogen-bond donors (Lipinski definition) is 2. The average molecular weight is 226 g/mol. The second-order valence-corrected chi connectivity index (χ2v) is 4.07. The van der Waals surface area contributed by atoms with Crippen LogP contribution in [0.3, 0.4) is 0 Å². The summed E-state index contributed by atoms with van der Waals surface area (Å²) in [5.41, 5.74) is 1.91. The van der Waals surface area contributed by atoms with Gasteiger partial charge in [0.1, 0.15) is 5.69 Å². The highest BCUT2D eigenvalue weighted by molar-refractivity contribution is 7.83. The van der Waals surface area contributed by atoms with Gasteiger partial charge in [-0.1, -0.05) is 10.6 Å². The van der Waals surface area contributed by atoms with Crippen LogP contribution >= 0.6 is 36.8 Å². The van der Waals surface area contributed by atoms with Crippen molar-refractivity contribution in [2.75, 3.05) is 0 Å². The summed E-state index contributed by atoms with van der Waals surface area (Å²) < 4.78 is 3.80. The van der Waals surface area contributed by atoms with Crippen molar-refractivity contribution < 1.29 is 0 Å². The zero-order valence-corrected chi connectivity index (χ0v) is 9.11. The summed E-state index contributed by atoms with van der Waals surface area (Å²) in [6.45, 7) is 0. The van der Waals surface area contributed by atoms with Gasteiger partial charge in [-0.2, -0.15) is 0 Å². The molecule has 0 fully saturated rings. The van der Waals surface area contributed by atoms with Crippen molar-refractivity contribution in [3.8, 4) is 11.3 Å². The molecular weight excluding hydrogens is 220 g/mol. The maximum absolute atomic E-state index is 4.28. The second kappa shape index (κ2) is 3.69. The lowest BCUT2D eigenvalue weighted by molar-refractivity contribution is 1.15. The summed E-state index contributed by atoms with van der Waals surface area (Å²) >= 11 is 9.85. The minimum atomic E-state index is 0.855. The zero-order chi connectivity index (χ0) is 9.26. The maximum Gasteiger partial charge on any atom is 0.105 e. The molecule has 0 aliphatic rings. The van der Waals surface area contributed by atoms with E-state index in [2.05, 4.69) is 34.8 Å². The topological polar surface area (TPSA) is 25.8 Å². The highest BCUT2D eigenvalue weighted by Gasteiger charge is 2.02. The van der Waals surface area contributed by atoms with Gasteiger partial charge in [0.05, 0.1) is 0 Å². The summed E-state index contributed by atoms with van der Waals surface area (Å²) in [6, 6.07) is 5.79. The molecule has 2 nitrogen and oxygen atoms in total. The standard InChI is InChI=1S/C8H6N2S3/c11-7-2-1-5(3-8(7)12)6-4-13-10-9-6/h1-4,11-12H. The first-order valence-corrected chi connectivity index (χ1v) is 5.30. The molecule has 5 heteroatoms. The van der Waals surface area contributed by atoms with E-state index in [1.54, 1.807) is 0 Å². The van der Waals surface area contributed by atoms with Crippen LogP contribution in [0.15, 0.2) is 33.4 Å². The Hall–Kier alpha value is -0.520. The lowest BCUT2D eigenvalue weighted by Crippen LogP contribution is -1.79. The van der Waals surface area contributed by atoms with Gasteiger partial charge in [0.25, 0.3) is 0 Å². The Morgan fingerprint density at radius 1 is 1.15 bits per heavy atom. The second-order valence-electron chi connectivity index (χ2n) is 2.49. The summed E-state index contributed by atoms with van der Waals surface area (Å²) in [7, 11) is 0. The Morgan fingerprint density at radius 3 is 2.62 bits per heavy atom. The van der Waals surface area contributed by atoms with Crippen LogP contribution in [0.1, 0.15) is 0 Å². The molecule has 0 aliphatic carbocycles. The van der Waals surface area contributed by atoms with Gasteiger partial charge in [-0.05, 0) is 23.7 Å². The minimum Gasteiger partial charge on any atom is -0.142 e. The van der Waals surface area contributed by atoms with Crippen LogP contribution in [0.25, 0.3) is 11.3 Å². The van der Waals surface area contributed by atoms with Crippen LogP contribution in [0, 0.1) is 0 Å². The first kappa shape index (κ1) is 9.05. The number of benzene rings is 1. The smallest absolute Gasteiger partial charge is 0.105 e. The molecule has 0 bridgehead atoms.